The predicted octanol–water partition coefficient (Wildman–Crippen LogP) is 2.27. The van der Waals surface area contributed by atoms with Gasteiger partial charge in [-0.15, -0.1) is 0 Å². The van der Waals surface area contributed by atoms with E-state index >= 15 is 0 Å². The average molecular weight is 381 g/mol. The molecule has 3 N–H and O–H groups in total. The molecule has 6 nitrogen and oxygen atoms in total. The molecule has 0 radical (unpaired) electrons. The molecule has 0 spiro atoms. The van der Waals surface area contributed by atoms with Crippen LogP contribution in [-0.2, 0) is 11.3 Å². The fraction of sp³-hybridized carbons (Fsp3) is 0.227. The van der Waals surface area contributed by atoms with Crippen molar-refractivity contribution in [3.8, 4) is 11.5 Å². The van der Waals surface area contributed by atoms with Gasteiger partial charge in [0.25, 0.3) is 5.91 Å². The first-order chi connectivity index (χ1) is 13.7. The van der Waals surface area contributed by atoms with E-state index in [1.807, 2.05) is 66.0 Å². The molecule has 0 fully saturated rings. The van der Waals surface area contributed by atoms with Crippen LogP contribution in [0.1, 0.15) is 22.9 Å². The van der Waals surface area contributed by atoms with Crippen molar-refractivity contribution >= 4 is 5.91 Å². The Morgan fingerprint density at radius 3 is 2.50 bits per heavy atom. The Morgan fingerprint density at radius 1 is 1.04 bits per heavy atom. The minimum Gasteiger partial charge on any atom is -0.493 e. The second-order valence-electron chi connectivity index (χ2n) is 6.31. The van der Waals surface area contributed by atoms with Gasteiger partial charge in [0.15, 0.2) is 29.8 Å². The Kier molecular flexibility index (Phi) is 6.70. The molecule has 6 heteroatoms. The van der Waals surface area contributed by atoms with Crippen molar-refractivity contribution in [2.24, 2.45) is 0 Å². The van der Waals surface area contributed by atoms with Crippen LogP contribution in [0.15, 0.2) is 71.3 Å². The number of rotatable bonds is 9. The van der Waals surface area contributed by atoms with Gasteiger partial charge in [-0.2, -0.15) is 0 Å². The zero-order valence-corrected chi connectivity index (χ0v) is 16.1. The quantitative estimate of drug-likeness (QED) is 0.596. The third kappa shape index (κ3) is 4.92. The molecule has 28 heavy (non-hydrogen) atoms. The first kappa shape index (κ1) is 19.5. The number of quaternary nitrogens is 1. The summed E-state index contributed by atoms with van der Waals surface area (Å²) in [6.45, 7) is 0.706. The molecular formula is C22H25N2O4+. The molecule has 1 amide bonds. The molecule has 0 bridgehead atoms. The largest absolute Gasteiger partial charge is 0.493 e. The zero-order valence-electron chi connectivity index (χ0n) is 16.1. The molecule has 0 aliphatic carbocycles. The number of benzene rings is 2. The van der Waals surface area contributed by atoms with Crippen molar-refractivity contribution in [2.75, 3.05) is 20.8 Å². The van der Waals surface area contributed by atoms with E-state index in [0.717, 1.165) is 16.9 Å². The van der Waals surface area contributed by atoms with Gasteiger partial charge in [0.2, 0.25) is 0 Å². The van der Waals surface area contributed by atoms with Gasteiger partial charge in [-0.1, -0.05) is 36.4 Å². The summed E-state index contributed by atoms with van der Waals surface area (Å²) in [5.41, 5.74) is 2.03. The zero-order chi connectivity index (χ0) is 19.8. The Labute approximate surface area is 164 Å². The van der Waals surface area contributed by atoms with E-state index < -0.39 is 0 Å². The van der Waals surface area contributed by atoms with Crippen molar-refractivity contribution < 1.29 is 24.0 Å². The average Bonchev–Trinajstić information content (AvgIpc) is 3.27. The van der Waals surface area contributed by atoms with Crippen LogP contribution in [0.2, 0.25) is 0 Å². The highest BCUT2D eigenvalue weighted by Gasteiger charge is 2.21. The SMILES string of the molecule is COc1ccc(CNC(=O)C[NH2+][C@H](c2ccccc2)c2ccco2)cc1OC. The molecule has 0 aliphatic rings. The lowest BCUT2D eigenvalue weighted by Crippen LogP contribution is -2.87. The van der Waals surface area contributed by atoms with Crippen LogP contribution in [0.5, 0.6) is 11.5 Å². The van der Waals surface area contributed by atoms with Gasteiger partial charge in [-0.05, 0) is 29.8 Å². The van der Waals surface area contributed by atoms with Crippen LogP contribution in [0.3, 0.4) is 0 Å². The second kappa shape index (κ2) is 9.62. The summed E-state index contributed by atoms with van der Waals surface area (Å²) in [5, 5.41) is 4.91. The maximum atomic E-state index is 12.4. The Morgan fingerprint density at radius 2 is 1.82 bits per heavy atom. The summed E-state index contributed by atoms with van der Waals surface area (Å²) in [6, 6.07) is 19.3. The lowest BCUT2D eigenvalue weighted by molar-refractivity contribution is -0.678. The van der Waals surface area contributed by atoms with Crippen molar-refractivity contribution in [1.29, 1.82) is 0 Å². The van der Waals surface area contributed by atoms with Crippen molar-refractivity contribution in [3.05, 3.63) is 83.8 Å². The van der Waals surface area contributed by atoms with E-state index in [4.69, 9.17) is 13.9 Å². The standard InChI is InChI=1S/C22H24N2O4/c1-26-18-11-10-16(13-20(18)27-2)14-23-21(25)15-24-22(19-9-6-12-28-19)17-7-4-3-5-8-17/h3-13,22,24H,14-15H2,1-2H3,(H,23,25)/p+1/t22-/m1/s1. The van der Waals surface area contributed by atoms with E-state index in [0.29, 0.717) is 18.0 Å². The Balaban J connectivity index is 1.58. The number of hydrogen-bond donors (Lipinski definition) is 2. The molecule has 3 rings (SSSR count). The van der Waals surface area contributed by atoms with Crippen molar-refractivity contribution in [3.63, 3.8) is 0 Å². The number of furan rings is 1. The van der Waals surface area contributed by atoms with Gasteiger partial charge in [-0.25, -0.2) is 0 Å². The molecule has 1 heterocycles. The van der Waals surface area contributed by atoms with Crippen LogP contribution < -0.4 is 20.1 Å². The van der Waals surface area contributed by atoms with E-state index in [9.17, 15) is 4.79 Å². The van der Waals surface area contributed by atoms with Crippen molar-refractivity contribution in [1.82, 2.24) is 5.32 Å². The smallest absolute Gasteiger partial charge is 0.275 e. The summed E-state index contributed by atoms with van der Waals surface area (Å²) in [4.78, 5) is 12.4. The fourth-order valence-corrected chi connectivity index (χ4v) is 3.03. The molecule has 3 aromatic rings. The van der Waals surface area contributed by atoms with E-state index in [-0.39, 0.29) is 18.5 Å². The minimum absolute atomic E-state index is 0.0535. The van der Waals surface area contributed by atoms with Crippen molar-refractivity contribution in [2.45, 2.75) is 12.6 Å². The number of amides is 1. The van der Waals surface area contributed by atoms with Gasteiger partial charge in [-0.3, -0.25) is 4.79 Å². The Hall–Kier alpha value is -3.25. The van der Waals surface area contributed by atoms with Gasteiger partial charge >= 0.3 is 0 Å². The second-order valence-corrected chi connectivity index (χ2v) is 6.31. The molecule has 146 valence electrons. The third-order valence-electron chi connectivity index (χ3n) is 4.48. The number of carbonyl (C=O) groups excluding carboxylic acids is 1. The monoisotopic (exact) mass is 381 g/mol. The Bertz CT molecular complexity index is 879. The van der Waals surface area contributed by atoms with Crippen LogP contribution >= 0.6 is 0 Å². The van der Waals surface area contributed by atoms with E-state index in [1.54, 1.807) is 20.5 Å². The number of methoxy groups -OCH3 is 2. The highest BCUT2D eigenvalue weighted by molar-refractivity contribution is 5.76. The molecular weight excluding hydrogens is 356 g/mol. The lowest BCUT2D eigenvalue weighted by atomic mass is 10.0. The number of carbonyl (C=O) groups is 1. The highest BCUT2D eigenvalue weighted by atomic mass is 16.5. The normalized spacial score (nSPS) is 11.6. The summed E-state index contributed by atoms with van der Waals surface area (Å²) >= 11 is 0. The van der Waals surface area contributed by atoms with Gasteiger partial charge < -0.3 is 24.5 Å². The summed E-state index contributed by atoms with van der Waals surface area (Å²) in [6.07, 6.45) is 1.65. The summed E-state index contributed by atoms with van der Waals surface area (Å²) < 4.78 is 16.1. The summed E-state index contributed by atoms with van der Waals surface area (Å²) in [5.74, 6) is 2.07. The van der Waals surface area contributed by atoms with Crippen LogP contribution in [0.4, 0.5) is 0 Å². The van der Waals surface area contributed by atoms with E-state index in [2.05, 4.69) is 5.32 Å². The molecule has 2 aromatic carbocycles. The van der Waals surface area contributed by atoms with E-state index in [1.165, 1.54) is 0 Å². The first-order valence-electron chi connectivity index (χ1n) is 9.10. The topological polar surface area (TPSA) is 77.3 Å². The van der Waals surface area contributed by atoms with Gasteiger partial charge in [0.05, 0.1) is 20.5 Å². The molecule has 1 atom stereocenters. The molecule has 0 saturated heterocycles. The molecule has 0 aliphatic heterocycles. The maximum Gasteiger partial charge on any atom is 0.275 e. The maximum absolute atomic E-state index is 12.4. The van der Waals surface area contributed by atoms with Crippen LogP contribution in [0.25, 0.3) is 0 Å². The lowest BCUT2D eigenvalue weighted by Gasteiger charge is -2.14. The van der Waals surface area contributed by atoms with Gasteiger partial charge in [0.1, 0.15) is 0 Å². The minimum atomic E-state index is -0.0666. The fourth-order valence-electron chi connectivity index (χ4n) is 3.03. The number of nitrogens with one attached hydrogen (secondary N) is 1. The number of hydrogen-bond acceptors (Lipinski definition) is 4. The number of ether oxygens (including phenoxy) is 2. The predicted molar refractivity (Wildman–Crippen MR) is 105 cm³/mol. The molecule has 0 saturated carbocycles. The van der Waals surface area contributed by atoms with Gasteiger partial charge in [0, 0.05) is 12.1 Å². The van der Waals surface area contributed by atoms with Crippen LogP contribution in [0, 0.1) is 0 Å². The third-order valence-corrected chi connectivity index (χ3v) is 4.48. The molecule has 0 unspecified atom stereocenters. The number of nitrogens with two attached hydrogens (primary N) is 1. The summed E-state index contributed by atoms with van der Waals surface area (Å²) in [7, 11) is 3.19. The first-order valence-corrected chi connectivity index (χ1v) is 9.10. The van der Waals surface area contributed by atoms with Crippen LogP contribution in [-0.4, -0.2) is 26.7 Å². The highest BCUT2D eigenvalue weighted by Crippen LogP contribution is 2.27. The molecule has 1 aromatic heterocycles.